The van der Waals surface area contributed by atoms with Gasteiger partial charge < -0.3 is 16.0 Å². The normalized spacial score (nSPS) is 18.6. The lowest BCUT2D eigenvalue weighted by Crippen LogP contribution is -2.43. The highest BCUT2D eigenvalue weighted by atomic mass is 16.1. The monoisotopic (exact) mass is 240 g/mol. The number of likely N-dealkylation sites (tertiary alicyclic amines) is 1. The van der Waals surface area contributed by atoms with Crippen LogP contribution in [-0.4, -0.2) is 42.4 Å². The Kier molecular flexibility index (Phi) is 5.25. The zero-order valence-corrected chi connectivity index (χ0v) is 11.1. The number of amides is 1. The van der Waals surface area contributed by atoms with E-state index in [1.807, 2.05) is 13.8 Å². The van der Waals surface area contributed by atoms with Gasteiger partial charge in [-0.15, -0.1) is 0 Å². The number of carbonyl (C=O) groups is 1. The minimum atomic E-state index is -0.0756. The Balaban J connectivity index is 2.36. The molecule has 5 heteroatoms. The summed E-state index contributed by atoms with van der Waals surface area (Å²) < 4.78 is 0. The van der Waals surface area contributed by atoms with Gasteiger partial charge in [0.1, 0.15) is 6.54 Å². The van der Waals surface area contributed by atoms with Crippen LogP contribution in [0.3, 0.4) is 0 Å². The SMILES string of the molecule is CC1CCN(C(N)=NCC(=O)NC(C)C)CC1. The molecule has 1 fully saturated rings. The van der Waals surface area contributed by atoms with Crippen molar-refractivity contribution < 1.29 is 4.79 Å². The van der Waals surface area contributed by atoms with Crippen molar-refractivity contribution in [1.82, 2.24) is 10.2 Å². The Morgan fingerprint density at radius 3 is 2.59 bits per heavy atom. The molecular formula is C12H24N4O. The molecule has 0 unspecified atom stereocenters. The van der Waals surface area contributed by atoms with Gasteiger partial charge >= 0.3 is 0 Å². The largest absolute Gasteiger partial charge is 0.370 e. The molecule has 3 N–H and O–H groups in total. The molecule has 0 aromatic carbocycles. The minimum Gasteiger partial charge on any atom is -0.370 e. The number of piperidine rings is 1. The maximum atomic E-state index is 11.4. The van der Waals surface area contributed by atoms with Crippen molar-refractivity contribution >= 4 is 11.9 Å². The van der Waals surface area contributed by atoms with E-state index in [4.69, 9.17) is 5.73 Å². The van der Waals surface area contributed by atoms with Crippen LogP contribution in [0.5, 0.6) is 0 Å². The molecule has 0 spiro atoms. The maximum absolute atomic E-state index is 11.4. The van der Waals surface area contributed by atoms with Crippen LogP contribution in [-0.2, 0) is 4.79 Å². The van der Waals surface area contributed by atoms with Crippen molar-refractivity contribution in [2.75, 3.05) is 19.6 Å². The van der Waals surface area contributed by atoms with E-state index in [9.17, 15) is 4.79 Å². The number of carbonyl (C=O) groups excluding carboxylic acids is 1. The van der Waals surface area contributed by atoms with Gasteiger partial charge in [-0.05, 0) is 32.6 Å². The van der Waals surface area contributed by atoms with Gasteiger partial charge in [0.2, 0.25) is 5.91 Å². The summed E-state index contributed by atoms with van der Waals surface area (Å²) in [4.78, 5) is 17.6. The van der Waals surface area contributed by atoms with Crippen molar-refractivity contribution in [3.05, 3.63) is 0 Å². The molecule has 17 heavy (non-hydrogen) atoms. The van der Waals surface area contributed by atoms with Crippen LogP contribution < -0.4 is 11.1 Å². The summed E-state index contributed by atoms with van der Waals surface area (Å²) in [6.07, 6.45) is 2.29. The number of aliphatic imine (C=N–C) groups is 1. The molecule has 0 aromatic rings. The van der Waals surface area contributed by atoms with E-state index in [-0.39, 0.29) is 18.5 Å². The molecule has 0 aliphatic carbocycles. The molecule has 5 nitrogen and oxygen atoms in total. The molecule has 98 valence electrons. The first-order valence-corrected chi connectivity index (χ1v) is 6.33. The van der Waals surface area contributed by atoms with E-state index in [2.05, 4.69) is 22.1 Å². The van der Waals surface area contributed by atoms with Crippen molar-refractivity contribution in [2.24, 2.45) is 16.6 Å². The summed E-state index contributed by atoms with van der Waals surface area (Å²) in [5, 5.41) is 2.79. The van der Waals surface area contributed by atoms with Gasteiger partial charge in [-0.1, -0.05) is 6.92 Å². The Bertz CT molecular complexity index is 280. The van der Waals surface area contributed by atoms with Gasteiger partial charge in [0.15, 0.2) is 5.96 Å². The number of nitrogens with zero attached hydrogens (tertiary/aromatic N) is 2. The predicted octanol–water partition coefficient (Wildman–Crippen LogP) is 0.558. The fourth-order valence-electron chi connectivity index (χ4n) is 1.86. The van der Waals surface area contributed by atoms with E-state index in [0.717, 1.165) is 31.8 Å². The van der Waals surface area contributed by atoms with Gasteiger partial charge in [-0.25, -0.2) is 4.99 Å². The van der Waals surface area contributed by atoms with E-state index >= 15 is 0 Å². The summed E-state index contributed by atoms with van der Waals surface area (Å²) in [5.41, 5.74) is 5.87. The summed E-state index contributed by atoms with van der Waals surface area (Å²) in [5.74, 6) is 1.19. The highest BCUT2D eigenvalue weighted by molar-refractivity contribution is 5.84. The zero-order valence-electron chi connectivity index (χ0n) is 11.1. The average Bonchev–Trinajstić information content (AvgIpc) is 2.26. The van der Waals surface area contributed by atoms with Gasteiger partial charge in [-0.3, -0.25) is 4.79 Å². The standard InChI is InChI=1S/C12H24N4O/c1-9(2)15-11(17)8-14-12(13)16-6-4-10(3)5-7-16/h9-10H,4-8H2,1-3H3,(H2,13,14)(H,15,17). The Morgan fingerprint density at radius 1 is 1.47 bits per heavy atom. The van der Waals surface area contributed by atoms with E-state index < -0.39 is 0 Å². The van der Waals surface area contributed by atoms with Crippen LogP contribution in [0.4, 0.5) is 0 Å². The summed E-state index contributed by atoms with van der Waals surface area (Å²) in [7, 11) is 0. The molecule has 0 aromatic heterocycles. The van der Waals surface area contributed by atoms with Crippen molar-refractivity contribution in [3.8, 4) is 0 Å². The molecule has 1 heterocycles. The topological polar surface area (TPSA) is 70.7 Å². The molecule has 1 rings (SSSR count). The molecular weight excluding hydrogens is 216 g/mol. The smallest absolute Gasteiger partial charge is 0.242 e. The van der Waals surface area contributed by atoms with Crippen LogP contribution in [0.15, 0.2) is 4.99 Å². The van der Waals surface area contributed by atoms with E-state index in [1.165, 1.54) is 0 Å². The van der Waals surface area contributed by atoms with Crippen LogP contribution >= 0.6 is 0 Å². The van der Waals surface area contributed by atoms with Gasteiger partial charge in [0, 0.05) is 19.1 Å². The van der Waals surface area contributed by atoms with E-state index in [1.54, 1.807) is 0 Å². The third kappa shape index (κ3) is 5.06. The molecule has 1 amide bonds. The highest BCUT2D eigenvalue weighted by Crippen LogP contribution is 2.15. The number of nitrogens with two attached hydrogens (primary N) is 1. The second kappa shape index (κ2) is 6.47. The fraction of sp³-hybridized carbons (Fsp3) is 0.833. The lowest BCUT2D eigenvalue weighted by molar-refractivity contribution is -0.120. The van der Waals surface area contributed by atoms with Crippen molar-refractivity contribution in [1.29, 1.82) is 0 Å². The van der Waals surface area contributed by atoms with Crippen LogP contribution in [0.1, 0.15) is 33.6 Å². The number of hydrogen-bond acceptors (Lipinski definition) is 2. The Labute approximate surface area is 103 Å². The lowest BCUT2D eigenvalue weighted by Gasteiger charge is -2.30. The third-order valence-corrected chi connectivity index (χ3v) is 2.94. The van der Waals surface area contributed by atoms with Crippen LogP contribution in [0, 0.1) is 5.92 Å². The molecule has 1 saturated heterocycles. The number of rotatable bonds is 3. The minimum absolute atomic E-state index is 0.0756. The first kappa shape index (κ1) is 13.8. The number of nitrogens with one attached hydrogen (secondary N) is 1. The fourth-order valence-corrected chi connectivity index (χ4v) is 1.86. The van der Waals surface area contributed by atoms with Crippen LogP contribution in [0.25, 0.3) is 0 Å². The molecule has 0 radical (unpaired) electrons. The second-order valence-corrected chi connectivity index (χ2v) is 5.07. The first-order chi connectivity index (χ1) is 7.99. The second-order valence-electron chi connectivity index (χ2n) is 5.07. The third-order valence-electron chi connectivity index (χ3n) is 2.94. The molecule has 0 saturated carbocycles. The average molecular weight is 240 g/mol. The molecule has 1 aliphatic rings. The van der Waals surface area contributed by atoms with Crippen LogP contribution in [0.2, 0.25) is 0 Å². The predicted molar refractivity (Wildman–Crippen MR) is 69.7 cm³/mol. The summed E-state index contributed by atoms with van der Waals surface area (Å²) in [6.45, 7) is 8.12. The van der Waals surface area contributed by atoms with E-state index in [0.29, 0.717) is 5.96 Å². The van der Waals surface area contributed by atoms with Crippen molar-refractivity contribution in [2.45, 2.75) is 39.7 Å². The highest BCUT2D eigenvalue weighted by Gasteiger charge is 2.17. The van der Waals surface area contributed by atoms with Gasteiger partial charge in [0.25, 0.3) is 0 Å². The van der Waals surface area contributed by atoms with Gasteiger partial charge in [-0.2, -0.15) is 0 Å². The Hall–Kier alpha value is -1.26. The molecule has 0 bridgehead atoms. The zero-order chi connectivity index (χ0) is 12.8. The number of hydrogen-bond donors (Lipinski definition) is 2. The lowest BCUT2D eigenvalue weighted by atomic mass is 10.00. The number of guanidine groups is 1. The quantitative estimate of drug-likeness (QED) is 0.559. The Morgan fingerprint density at radius 2 is 2.06 bits per heavy atom. The summed E-state index contributed by atoms with van der Waals surface area (Å²) in [6, 6.07) is 0.148. The van der Waals surface area contributed by atoms with Gasteiger partial charge in [0.05, 0.1) is 0 Å². The molecule has 1 aliphatic heterocycles. The van der Waals surface area contributed by atoms with Crippen molar-refractivity contribution in [3.63, 3.8) is 0 Å². The summed E-state index contributed by atoms with van der Waals surface area (Å²) >= 11 is 0. The first-order valence-electron chi connectivity index (χ1n) is 6.33. The maximum Gasteiger partial charge on any atom is 0.242 e. The molecule has 0 atom stereocenters.